The van der Waals surface area contributed by atoms with E-state index in [1.807, 2.05) is 30.3 Å². The predicted molar refractivity (Wildman–Crippen MR) is 100 cm³/mol. The highest BCUT2D eigenvalue weighted by Gasteiger charge is 2.27. The second kappa shape index (κ2) is 9.37. The summed E-state index contributed by atoms with van der Waals surface area (Å²) >= 11 is 1.28. The molecule has 0 bridgehead atoms. The second-order valence-electron chi connectivity index (χ2n) is 6.02. The number of hydrogen-bond acceptors (Lipinski definition) is 4. The highest BCUT2D eigenvalue weighted by molar-refractivity contribution is 7.16. The fourth-order valence-corrected chi connectivity index (χ4v) is 3.03. The lowest BCUT2D eigenvalue weighted by Gasteiger charge is -2.02. The molecule has 1 heterocycles. The first kappa shape index (κ1) is 19.2. The van der Waals surface area contributed by atoms with Crippen molar-refractivity contribution in [2.75, 3.05) is 7.11 Å². The van der Waals surface area contributed by atoms with E-state index in [9.17, 15) is 14.7 Å². The van der Waals surface area contributed by atoms with E-state index in [0.29, 0.717) is 9.75 Å². The lowest BCUT2D eigenvalue weighted by molar-refractivity contribution is 0.0583. The standard InChI is InChI=1S/C14H12O4S.2C3H6/c1-8-10(14(17)18-2)11(13(15)16)12(19-8)9-6-4-3-5-7-9;2*1-2-3-1/h3-7H,1-2H3,(H,15,16);2*1-3H2. The van der Waals surface area contributed by atoms with Crippen LogP contribution in [0.2, 0.25) is 0 Å². The van der Waals surface area contributed by atoms with Gasteiger partial charge in [-0.1, -0.05) is 68.9 Å². The zero-order valence-electron chi connectivity index (χ0n) is 14.7. The summed E-state index contributed by atoms with van der Waals surface area (Å²) in [5.41, 5.74) is 0.933. The third-order valence-electron chi connectivity index (χ3n) is 3.43. The van der Waals surface area contributed by atoms with Gasteiger partial charge < -0.3 is 9.84 Å². The number of carboxylic acid groups (broad SMARTS) is 1. The van der Waals surface area contributed by atoms with Gasteiger partial charge in [-0.2, -0.15) is 0 Å². The molecule has 0 amide bonds. The molecule has 2 saturated carbocycles. The Kier molecular flexibility index (Phi) is 7.19. The monoisotopic (exact) mass is 360 g/mol. The van der Waals surface area contributed by atoms with Crippen molar-refractivity contribution in [2.45, 2.75) is 45.4 Å². The van der Waals surface area contributed by atoms with E-state index in [4.69, 9.17) is 0 Å². The number of rotatable bonds is 3. The third kappa shape index (κ3) is 6.02. The first-order chi connectivity index (χ1) is 12.1. The molecular weight excluding hydrogens is 336 g/mol. The van der Waals surface area contributed by atoms with Gasteiger partial charge in [-0.25, -0.2) is 9.59 Å². The van der Waals surface area contributed by atoms with Crippen LogP contribution < -0.4 is 0 Å². The molecule has 25 heavy (non-hydrogen) atoms. The van der Waals surface area contributed by atoms with Gasteiger partial charge in [0.05, 0.1) is 18.2 Å². The largest absolute Gasteiger partial charge is 0.478 e. The number of ether oxygens (including phenoxy) is 1. The number of benzene rings is 1. The van der Waals surface area contributed by atoms with Gasteiger partial charge in [-0.3, -0.25) is 0 Å². The Morgan fingerprint density at radius 1 is 0.960 bits per heavy atom. The molecule has 134 valence electrons. The highest BCUT2D eigenvalue weighted by atomic mass is 32.1. The minimum atomic E-state index is -1.12. The SMILES string of the molecule is C1CC1.C1CC1.COC(=O)c1c(C)sc(-c2ccccc2)c1C(=O)O. The van der Waals surface area contributed by atoms with Crippen LogP contribution in [-0.2, 0) is 4.74 Å². The van der Waals surface area contributed by atoms with Crippen molar-refractivity contribution >= 4 is 23.3 Å². The molecule has 0 radical (unpaired) electrons. The van der Waals surface area contributed by atoms with Gasteiger partial charge in [0, 0.05) is 9.75 Å². The smallest absolute Gasteiger partial charge is 0.339 e. The number of carbonyl (C=O) groups excluding carboxylic acids is 1. The summed E-state index contributed by atoms with van der Waals surface area (Å²) in [6.45, 7) is 1.72. The fourth-order valence-electron chi connectivity index (χ4n) is 1.89. The van der Waals surface area contributed by atoms with E-state index in [2.05, 4.69) is 4.74 Å². The van der Waals surface area contributed by atoms with Gasteiger partial charge in [-0.15, -0.1) is 11.3 Å². The van der Waals surface area contributed by atoms with Crippen LogP contribution in [0.4, 0.5) is 0 Å². The number of hydrogen-bond donors (Lipinski definition) is 1. The number of methoxy groups -OCH3 is 1. The van der Waals surface area contributed by atoms with Crippen molar-refractivity contribution in [3.63, 3.8) is 0 Å². The first-order valence-corrected chi connectivity index (χ1v) is 9.38. The molecule has 2 aliphatic rings. The number of aromatic carboxylic acids is 1. The molecule has 2 fully saturated rings. The van der Waals surface area contributed by atoms with Gasteiger partial charge in [0.15, 0.2) is 0 Å². The van der Waals surface area contributed by atoms with Crippen molar-refractivity contribution in [2.24, 2.45) is 0 Å². The average Bonchev–Trinajstić information content (AvgIpc) is 3.50. The normalized spacial score (nSPS) is 13.5. The summed E-state index contributed by atoms with van der Waals surface area (Å²) in [5.74, 6) is -1.74. The van der Waals surface area contributed by atoms with E-state index >= 15 is 0 Å². The summed E-state index contributed by atoms with van der Waals surface area (Å²) in [6.07, 6.45) is 9.00. The molecule has 0 saturated heterocycles. The summed E-state index contributed by atoms with van der Waals surface area (Å²) in [7, 11) is 1.24. The molecule has 0 spiro atoms. The molecule has 1 aromatic carbocycles. The Balaban J connectivity index is 0.000000313. The molecule has 4 nitrogen and oxygen atoms in total. The molecule has 4 rings (SSSR count). The van der Waals surface area contributed by atoms with Crippen molar-refractivity contribution in [3.8, 4) is 10.4 Å². The van der Waals surface area contributed by atoms with Crippen LogP contribution in [0.3, 0.4) is 0 Å². The van der Waals surface area contributed by atoms with E-state index in [0.717, 1.165) is 5.56 Å². The summed E-state index contributed by atoms with van der Waals surface area (Å²) in [6, 6.07) is 9.14. The van der Waals surface area contributed by atoms with Crippen molar-refractivity contribution in [1.82, 2.24) is 0 Å². The Bertz CT molecular complexity index is 703. The van der Waals surface area contributed by atoms with Crippen LogP contribution in [0.15, 0.2) is 30.3 Å². The Morgan fingerprint density at radius 3 is 1.88 bits per heavy atom. The van der Waals surface area contributed by atoms with Crippen LogP contribution in [0.5, 0.6) is 0 Å². The number of aryl methyl sites for hydroxylation is 1. The summed E-state index contributed by atoms with van der Waals surface area (Å²) < 4.78 is 4.66. The van der Waals surface area contributed by atoms with E-state index in [1.54, 1.807) is 6.92 Å². The number of carbonyl (C=O) groups is 2. The molecule has 1 aromatic heterocycles. The van der Waals surface area contributed by atoms with E-state index in [1.165, 1.54) is 57.0 Å². The molecule has 0 aliphatic heterocycles. The maximum absolute atomic E-state index is 11.7. The minimum Gasteiger partial charge on any atom is -0.478 e. The van der Waals surface area contributed by atoms with Gasteiger partial charge >= 0.3 is 11.9 Å². The highest BCUT2D eigenvalue weighted by Crippen LogP contribution is 2.36. The van der Waals surface area contributed by atoms with Crippen LogP contribution >= 0.6 is 11.3 Å². The van der Waals surface area contributed by atoms with Gasteiger partial charge in [-0.05, 0) is 12.5 Å². The number of carboxylic acids is 1. The molecule has 0 atom stereocenters. The van der Waals surface area contributed by atoms with E-state index in [-0.39, 0.29) is 11.1 Å². The van der Waals surface area contributed by atoms with Crippen LogP contribution in [0.1, 0.15) is 64.1 Å². The molecule has 5 heteroatoms. The first-order valence-electron chi connectivity index (χ1n) is 8.56. The quantitative estimate of drug-likeness (QED) is 0.729. The molecule has 1 N–H and O–H groups in total. The van der Waals surface area contributed by atoms with Crippen molar-refractivity contribution < 1.29 is 19.4 Å². The molecule has 2 aliphatic carbocycles. The topological polar surface area (TPSA) is 63.6 Å². The second-order valence-corrected chi connectivity index (χ2v) is 7.25. The predicted octanol–water partition coefficient (Wildman–Crippen LogP) is 5.55. The van der Waals surface area contributed by atoms with Gasteiger partial charge in [0.1, 0.15) is 0 Å². The average molecular weight is 360 g/mol. The Hall–Kier alpha value is -2.14. The lowest BCUT2D eigenvalue weighted by Crippen LogP contribution is -2.09. The van der Waals surface area contributed by atoms with Crippen LogP contribution in [-0.4, -0.2) is 24.2 Å². The Morgan fingerprint density at radius 2 is 1.48 bits per heavy atom. The van der Waals surface area contributed by atoms with Gasteiger partial charge in [0.25, 0.3) is 0 Å². The van der Waals surface area contributed by atoms with Gasteiger partial charge in [0.2, 0.25) is 0 Å². The zero-order valence-corrected chi connectivity index (χ0v) is 15.5. The van der Waals surface area contributed by atoms with Crippen molar-refractivity contribution in [3.05, 3.63) is 46.3 Å². The van der Waals surface area contributed by atoms with Crippen LogP contribution in [0, 0.1) is 6.92 Å². The summed E-state index contributed by atoms with van der Waals surface area (Å²) in [4.78, 5) is 24.4. The maximum atomic E-state index is 11.7. The number of thiophene rings is 1. The Labute approximate surface area is 152 Å². The van der Waals surface area contributed by atoms with E-state index < -0.39 is 11.9 Å². The number of esters is 1. The molecule has 0 unspecified atom stereocenters. The van der Waals surface area contributed by atoms with Crippen LogP contribution in [0.25, 0.3) is 10.4 Å². The minimum absolute atomic E-state index is 0.0144. The zero-order chi connectivity index (χ0) is 18.2. The van der Waals surface area contributed by atoms with Crippen molar-refractivity contribution in [1.29, 1.82) is 0 Å². The molecule has 2 aromatic rings. The molecular formula is C20H24O4S. The maximum Gasteiger partial charge on any atom is 0.339 e. The third-order valence-corrected chi connectivity index (χ3v) is 4.59. The summed E-state index contributed by atoms with van der Waals surface area (Å²) in [5, 5.41) is 9.36. The fraction of sp³-hybridized carbons (Fsp3) is 0.400. The lowest BCUT2D eigenvalue weighted by atomic mass is 10.0.